The van der Waals surface area contributed by atoms with E-state index in [4.69, 9.17) is 4.74 Å². The first-order valence-corrected chi connectivity index (χ1v) is 7.57. The van der Waals surface area contributed by atoms with E-state index in [1.165, 1.54) is 13.2 Å². The minimum absolute atomic E-state index is 0.0216. The van der Waals surface area contributed by atoms with Crippen LogP contribution in [0.5, 0.6) is 5.75 Å². The maximum absolute atomic E-state index is 12.1. The number of hydrazone groups is 1. The van der Waals surface area contributed by atoms with Crippen molar-refractivity contribution in [2.45, 2.75) is 20.3 Å². The van der Waals surface area contributed by atoms with Gasteiger partial charge in [-0.05, 0) is 38.8 Å². The molecule has 1 rings (SSSR count). The summed E-state index contributed by atoms with van der Waals surface area (Å²) in [7, 11) is 1.53. The standard InChI is InChI=1S/C18H22N4O3/c1-5-6-9-15(19-3)18(24)22-21-13(2)12-17(23)20-14-10-7-8-11-16(14)25-4/h5-11H,3,12H2,1-2,4H3,(H,20,23)(H,22,24). The fourth-order valence-electron chi connectivity index (χ4n) is 1.81. The summed E-state index contributed by atoms with van der Waals surface area (Å²) in [6.07, 6.45) is 4.96. The van der Waals surface area contributed by atoms with Crippen LogP contribution in [0.25, 0.3) is 0 Å². The molecule has 0 heterocycles. The van der Waals surface area contributed by atoms with E-state index in [1.54, 1.807) is 37.3 Å². The number of rotatable bonds is 8. The second-order valence-electron chi connectivity index (χ2n) is 4.95. The number of carbonyl (C=O) groups is 2. The van der Waals surface area contributed by atoms with Crippen molar-refractivity contribution < 1.29 is 14.3 Å². The van der Waals surface area contributed by atoms with E-state index in [2.05, 4.69) is 27.6 Å². The molecule has 0 aliphatic rings. The van der Waals surface area contributed by atoms with E-state index in [9.17, 15) is 9.59 Å². The van der Waals surface area contributed by atoms with E-state index in [0.29, 0.717) is 17.1 Å². The van der Waals surface area contributed by atoms with Gasteiger partial charge in [-0.25, -0.2) is 5.43 Å². The normalized spacial score (nSPS) is 12.0. The van der Waals surface area contributed by atoms with Gasteiger partial charge in [0.2, 0.25) is 5.91 Å². The van der Waals surface area contributed by atoms with Crippen LogP contribution in [0.15, 0.2) is 58.3 Å². The summed E-state index contributed by atoms with van der Waals surface area (Å²) in [5, 5.41) is 6.63. The number of anilines is 1. The molecule has 0 aliphatic heterocycles. The summed E-state index contributed by atoms with van der Waals surface area (Å²) in [5.74, 6) is -0.210. The Kier molecular flexibility index (Phi) is 8.35. The van der Waals surface area contributed by atoms with E-state index >= 15 is 0 Å². The van der Waals surface area contributed by atoms with Crippen molar-refractivity contribution >= 4 is 29.9 Å². The van der Waals surface area contributed by atoms with Gasteiger partial charge in [0.1, 0.15) is 11.4 Å². The maximum Gasteiger partial charge on any atom is 0.289 e. The molecular weight excluding hydrogens is 320 g/mol. The molecule has 1 aromatic rings. The molecule has 0 fully saturated rings. The van der Waals surface area contributed by atoms with Crippen molar-refractivity contribution in [1.82, 2.24) is 5.43 Å². The number of aliphatic imine (C=N–C) groups is 1. The van der Waals surface area contributed by atoms with Gasteiger partial charge in [0.15, 0.2) is 0 Å². The topological polar surface area (TPSA) is 92.2 Å². The van der Waals surface area contributed by atoms with Gasteiger partial charge in [0.05, 0.1) is 19.2 Å². The van der Waals surface area contributed by atoms with E-state index in [1.807, 2.05) is 13.0 Å². The molecule has 0 radical (unpaired) electrons. The molecule has 0 aromatic heterocycles. The van der Waals surface area contributed by atoms with Crippen LogP contribution in [0.4, 0.5) is 5.69 Å². The van der Waals surface area contributed by atoms with Crippen LogP contribution in [0.2, 0.25) is 0 Å². The minimum atomic E-state index is -0.502. The number of hydrogen-bond acceptors (Lipinski definition) is 5. The highest BCUT2D eigenvalue weighted by Gasteiger charge is 2.09. The Bertz CT molecular complexity index is 721. The van der Waals surface area contributed by atoms with Gasteiger partial charge >= 0.3 is 0 Å². The maximum atomic E-state index is 12.1. The molecule has 0 spiro atoms. The highest BCUT2D eigenvalue weighted by atomic mass is 16.5. The van der Waals surface area contributed by atoms with E-state index < -0.39 is 5.91 Å². The molecule has 0 unspecified atom stereocenters. The lowest BCUT2D eigenvalue weighted by molar-refractivity contribution is -0.118. The minimum Gasteiger partial charge on any atom is -0.495 e. The first kappa shape index (κ1) is 19.8. The average Bonchev–Trinajstić information content (AvgIpc) is 2.61. The number of allylic oxidation sites excluding steroid dienone is 3. The first-order chi connectivity index (χ1) is 12.0. The third kappa shape index (κ3) is 6.82. The molecule has 0 saturated carbocycles. The second kappa shape index (κ2) is 10.5. The molecule has 132 valence electrons. The highest BCUT2D eigenvalue weighted by Crippen LogP contribution is 2.23. The van der Waals surface area contributed by atoms with Gasteiger partial charge in [-0.2, -0.15) is 5.10 Å². The zero-order valence-corrected chi connectivity index (χ0v) is 14.6. The van der Waals surface area contributed by atoms with Crippen molar-refractivity contribution in [3.8, 4) is 5.75 Å². The molecule has 2 N–H and O–H groups in total. The Balaban J connectivity index is 2.64. The van der Waals surface area contributed by atoms with Crippen LogP contribution in [0.1, 0.15) is 20.3 Å². The monoisotopic (exact) mass is 342 g/mol. The molecule has 2 amide bonds. The zero-order valence-electron chi connectivity index (χ0n) is 14.6. The van der Waals surface area contributed by atoms with Gasteiger partial charge in [-0.3, -0.25) is 14.6 Å². The Labute approximate surface area is 147 Å². The number of carbonyl (C=O) groups excluding carboxylic acids is 2. The third-order valence-electron chi connectivity index (χ3n) is 3.00. The SMILES string of the molecule is C=NC(=CC=CC)C(=O)NN=C(C)CC(=O)Nc1ccccc1OC. The number of para-hydroxylation sites is 2. The highest BCUT2D eigenvalue weighted by molar-refractivity contribution is 6.06. The van der Waals surface area contributed by atoms with E-state index in [0.717, 1.165) is 0 Å². The summed E-state index contributed by atoms with van der Waals surface area (Å²) < 4.78 is 5.17. The average molecular weight is 342 g/mol. The Morgan fingerprint density at radius 2 is 2.04 bits per heavy atom. The number of nitrogens with one attached hydrogen (secondary N) is 2. The predicted octanol–water partition coefficient (Wildman–Crippen LogP) is 2.68. The lowest BCUT2D eigenvalue weighted by Gasteiger charge is -2.09. The summed E-state index contributed by atoms with van der Waals surface area (Å²) in [6, 6.07) is 7.08. The molecule has 7 nitrogen and oxygen atoms in total. The molecule has 0 saturated heterocycles. The van der Waals surface area contributed by atoms with Crippen LogP contribution in [0, 0.1) is 0 Å². The van der Waals surface area contributed by atoms with Crippen molar-refractivity contribution in [3.05, 3.63) is 48.2 Å². The number of methoxy groups -OCH3 is 1. The fourth-order valence-corrected chi connectivity index (χ4v) is 1.81. The number of hydrogen-bond donors (Lipinski definition) is 2. The summed E-state index contributed by atoms with van der Waals surface area (Å²) in [4.78, 5) is 27.6. The molecule has 0 aliphatic carbocycles. The third-order valence-corrected chi connectivity index (χ3v) is 3.00. The lowest BCUT2D eigenvalue weighted by atomic mass is 10.2. The largest absolute Gasteiger partial charge is 0.495 e. The summed E-state index contributed by atoms with van der Waals surface area (Å²) in [5.41, 5.74) is 3.48. The Morgan fingerprint density at radius 3 is 2.68 bits per heavy atom. The molecule has 1 aromatic carbocycles. The molecule has 0 atom stereocenters. The summed E-state index contributed by atoms with van der Waals surface area (Å²) >= 11 is 0. The van der Waals surface area contributed by atoms with Gasteiger partial charge in [0.25, 0.3) is 5.91 Å². The lowest BCUT2D eigenvalue weighted by Crippen LogP contribution is -2.22. The van der Waals surface area contributed by atoms with Crippen LogP contribution in [-0.2, 0) is 9.59 Å². The van der Waals surface area contributed by atoms with Gasteiger partial charge in [-0.1, -0.05) is 24.3 Å². The molecular formula is C18H22N4O3. The van der Waals surface area contributed by atoms with Gasteiger partial charge in [-0.15, -0.1) is 0 Å². The first-order valence-electron chi connectivity index (χ1n) is 7.57. The van der Waals surface area contributed by atoms with Crippen molar-refractivity contribution in [2.24, 2.45) is 10.1 Å². The van der Waals surface area contributed by atoms with Crippen molar-refractivity contribution in [2.75, 3.05) is 12.4 Å². The van der Waals surface area contributed by atoms with Crippen LogP contribution in [0.3, 0.4) is 0 Å². The van der Waals surface area contributed by atoms with Crippen LogP contribution >= 0.6 is 0 Å². The fraction of sp³-hybridized carbons (Fsp3) is 0.222. The van der Waals surface area contributed by atoms with Crippen molar-refractivity contribution in [3.63, 3.8) is 0 Å². The zero-order chi connectivity index (χ0) is 18.7. The smallest absolute Gasteiger partial charge is 0.289 e. The van der Waals surface area contributed by atoms with Crippen LogP contribution < -0.4 is 15.5 Å². The summed E-state index contributed by atoms with van der Waals surface area (Å²) in [6.45, 7) is 6.79. The number of ether oxygens (including phenoxy) is 1. The molecule has 7 heteroatoms. The Hall–Kier alpha value is -3.22. The molecule has 0 bridgehead atoms. The quantitative estimate of drug-likeness (QED) is 0.329. The molecule has 25 heavy (non-hydrogen) atoms. The van der Waals surface area contributed by atoms with Crippen LogP contribution in [-0.4, -0.2) is 31.4 Å². The van der Waals surface area contributed by atoms with Gasteiger partial charge in [0, 0.05) is 5.71 Å². The number of amides is 2. The van der Waals surface area contributed by atoms with Gasteiger partial charge < -0.3 is 10.1 Å². The van der Waals surface area contributed by atoms with E-state index in [-0.39, 0.29) is 18.0 Å². The second-order valence-corrected chi connectivity index (χ2v) is 4.95. The number of nitrogens with zero attached hydrogens (tertiary/aromatic N) is 2. The predicted molar refractivity (Wildman–Crippen MR) is 99.9 cm³/mol. The number of benzene rings is 1. The Morgan fingerprint density at radius 1 is 1.32 bits per heavy atom. The van der Waals surface area contributed by atoms with Crippen molar-refractivity contribution in [1.29, 1.82) is 0 Å².